The standard InChI is InChI=1S/C76H116N2O4S4/c1-9-15-21-25-27-29-31-33-35-39-53-81-67-55-60(8)84-73(67)74-68(82-54-40-36-34-32-30-28-26-22-16-10-2)56-70(86-74)69-52-49-64(85-69)48-51-66-72-71(77(76(66)80)57-61(41-19-13-5)43-37-23-17-11-3)65(50-47-63-46-45-59(7)83-63)75(79)78(72)58-62(42-20-14-6)44-38-24-18-12-4/h45-52,55-56,61-62H,9-44,53-54,57-58H2,1-8H3/b50-47+,51-48+. The van der Waals surface area contributed by atoms with Crippen LogP contribution in [0.1, 0.15) is 292 Å². The lowest BCUT2D eigenvalue weighted by atomic mass is 9.94. The van der Waals surface area contributed by atoms with Gasteiger partial charge in [0.05, 0.1) is 45.5 Å². The smallest absolute Gasteiger partial charge is 0.260 e. The third kappa shape index (κ3) is 23.6. The summed E-state index contributed by atoms with van der Waals surface area (Å²) in [5.41, 5.74) is 2.97. The Balaban J connectivity index is 1.31. The molecule has 0 saturated carbocycles. The van der Waals surface area contributed by atoms with E-state index < -0.39 is 0 Å². The zero-order chi connectivity index (χ0) is 61.1. The summed E-state index contributed by atoms with van der Waals surface area (Å²) in [4.78, 5) is 44.4. The van der Waals surface area contributed by atoms with Crippen molar-refractivity contribution in [3.63, 3.8) is 0 Å². The minimum Gasteiger partial charge on any atom is -0.492 e. The number of ether oxygens (including phenoxy) is 2. The summed E-state index contributed by atoms with van der Waals surface area (Å²) in [5.74, 6) is 2.73. The average molecular weight is 1250 g/mol. The molecule has 0 aliphatic carbocycles. The molecular weight excluding hydrogens is 1130 g/mol. The van der Waals surface area contributed by atoms with E-state index in [2.05, 4.69) is 120 Å². The fourth-order valence-corrected chi connectivity index (χ4v) is 16.5. The third-order valence-electron chi connectivity index (χ3n) is 17.7. The Morgan fingerprint density at radius 3 is 1.21 bits per heavy atom. The van der Waals surface area contributed by atoms with Crippen molar-refractivity contribution < 1.29 is 19.1 Å². The molecule has 6 heterocycles. The van der Waals surface area contributed by atoms with E-state index in [1.165, 1.54) is 191 Å². The van der Waals surface area contributed by atoms with Crippen LogP contribution in [0.4, 0.5) is 0 Å². The second-order valence-electron chi connectivity index (χ2n) is 25.3. The normalized spacial score (nSPS) is 14.5. The van der Waals surface area contributed by atoms with Crippen LogP contribution in [0.5, 0.6) is 11.5 Å². The first kappa shape index (κ1) is 71.4. The number of thiophene rings is 4. The predicted molar refractivity (Wildman–Crippen MR) is 379 cm³/mol. The second-order valence-corrected chi connectivity index (χ2v) is 30.0. The minimum absolute atomic E-state index is 0.0334. The molecule has 0 fully saturated rings. The van der Waals surface area contributed by atoms with Crippen LogP contribution >= 0.6 is 45.3 Å². The SMILES string of the molecule is CCCCCCCCCCCCOc1cc(C)sc1-c1sc(-c2ccc(/C=C/C3=C4C(=C(/C=C/c5ccc(C)s5)C(=O)N4CC(CCCC)CCCCCC)N(CC(CCCC)CCCCCC)C3=O)s2)cc1OCCCCCCCCCCCC. The molecule has 0 bridgehead atoms. The summed E-state index contributed by atoms with van der Waals surface area (Å²) in [5, 5.41) is 0. The van der Waals surface area contributed by atoms with E-state index in [1.54, 1.807) is 22.7 Å². The highest BCUT2D eigenvalue weighted by atomic mass is 32.1. The van der Waals surface area contributed by atoms with E-state index in [1.807, 2.05) is 28.7 Å². The van der Waals surface area contributed by atoms with Crippen LogP contribution in [0.2, 0.25) is 0 Å². The lowest BCUT2D eigenvalue weighted by Crippen LogP contribution is -2.32. The van der Waals surface area contributed by atoms with Gasteiger partial charge in [0.2, 0.25) is 0 Å². The minimum atomic E-state index is 0.0334. The Kier molecular flexibility index (Phi) is 34.5. The molecule has 0 spiro atoms. The second kappa shape index (κ2) is 41.6. The number of hydrogen-bond acceptors (Lipinski definition) is 8. The lowest BCUT2D eigenvalue weighted by molar-refractivity contribution is -0.125. The monoisotopic (exact) mass is 1250 g/mol. The van der Waals surface area contributed by atoms with Gasteiger partial charge in [0.1, 0.15) is 11.5 Å². The third-order valence-corrected chi connectivity index (χ3v) is 22.2. The van der Waals surface area contributed by atoms with Gasteiger partial charge >= 0.3 is 0 Å². The number of unbranched alkanes of at least 4 members (excludes halogenated alkanes) is 26. The van der Waals surface area contributed by atoms with Crippen LogP contribution in [0.15, 0.2) is 71.1 Å². The molecule has 478 valence electrons. The van der Waals surface area contributed by atoms with Crippen LogP contribution < -0.4 is 9.47 Å². The average Bonchev–Trinajstić information content (AvgIpc) is 1.69. The van der Waals surface area contributed by atoms with Crippen molar-refractivity contribution >= 4 is 69.3 Å². The van der Waals surface area contributed by atoms with Crippen molar-refractivity contribution in [2.45, 2.75) is 287 Å². The van der Waals surface area contributed by atoms with Crippen molar-refractivity contribution in [3.05, 3.63) is 90.6 Å². The van der Waals surface area contributed by atoms with E-state index in [-0.39, 0.29) is 11.8 Å². The summed E-state index contributed by atoms with van der Waals surface area (Å²) >= 11 is 7.14. The molecule has 2 aliphatic heterocycles. The molecule has 10 heteroatoms. The Morgan fingerprint density at radius 2 is 0.767 bits per heavy atom. The first-order valence-electron chi connectivity index (χ1n) is 35.3. The Hall–Kier alpha value is -3.70. The van der Waals surface area contributed by atoms with Gasteiger partial charge in [-0.05, 0) is 119 Å². The van der Waals surface area contributed by atoms with E-state index in [0.29, 0.717) is 42.7 Å². The van der Waals surface area contributed by atoms with Gasteiger partial charge in [-0.2, -0.15) is 0 Å². The summed E-state index contributed by atoms with van der Waals surface area (Å²) in [6.45, 7) is 20.7. The van der Waals surface area contributed by atoms with Gasteiger partial charge in [0, 0.05) is 48.4 Å². The van der Waals surface area contributed by atoms with Crippen molar-refractivity contribution in [2.24, 2.45) is 11.8 Å². The summed E-state index contributed by atoms with van der Waals surface area (Å²) in [6, 6.07) is 13.3. The number of amides is 2. The number of rotatable bonds is 50. The molecular formula is C76H116N2O4S4. The molecule has 6 nitrogen and oxygen atoms in total. The topological polar surface area (TPSA) is 59.1 Å². The van der Waals surface area contributed by atoms with Gasteiger partial charge < -0.3 is 19.3 Å². The summed E-state index contributed by atoms with van der Waals surface area (Å²) in [6.07, 6.45) is 53.0. The van der Waals surface area contributed by atoms with Crippen LogP contribution in [0.3, 0.4) is 0 Å². The zero-order valence-electron chi connectivity index (χ0n) is 55.4. The van der Waals surface area contributed by atoms with Crippen LogP contribution in [-0.2, 0) is 9.59 Å². The Morgan fingerprint density at radius 1 is 0.384 bits per heavy atom. The number of fused-ring (bicyclic) bond motifs is 1. The fraction of sp³-hybridized carbons (Fsp3) is 0.658. The first-order valence-corrected chi connectivity index (χ1v) is 38.6. The van der Waals surface area contributed by atoms with Gasteiger partial charge in [-0.25, -0.2) is 0 Å². The van der Waals surface area contributed by atoms with E-state index in [4.69, 9.17) is 9.47 Å². The highest BCUT2D eigenvalue weighted by Gasteiger charge is 2.47. The molecule has 4 aromatic rings. The Labute approximate surface area is 540 Å². The van der Waals surface area contributed by atoms with Gasteiger partial charge in [-0.3, -0.25) is 9.59 Å². The number of carbonyl (C=O) groups excluding carboxylic acids is 2. The quantitative estimate of drug-likeness (QED) is 0.0414. The molecule has 2 aliphatic rings. The Bertz CT molecular complexity index is 2670. The molecule has 0 aromatic carbocycles. The van der Waals surface area contributed by atoms with Crippen molar-refractivity contribution in [2.75, 3.05) is 26.3 Å². The molecule has 6 rings (SSSR count). The number of aryl methyl sites for hydroxylation is 2. The fourth-order valence-electron chi connectivity index (χ4n) is 12.5. The maximum atomic E-state index is 15.5. The summed E-state index contributed by atoms with van der Waals surface area (Å²) < 4.78 is 13.5. The molecule has 4 aromatic heterocycles. The molecule has 0 saturated heterocycles. The first-order chi connectivity index (χ1) is 42.1. The largest absolute Gasteiger partial charge is 0.492 e. The molecule has 86 heavy (non-hydrogen) atoms. The molecule has 0 radical (unpaired) electrons. The van der Waals surface area contributed by atoms with E-state index in [9.17, 15) is 0 Å². The molecule has 2 amide bonds. The number of nitrogens with zero attached hydrogens (tertiary/aromatic N) is 2. The molecule has 0 N–H and O–H groups in total. The molecule has 2 unspecified atom stereocenters. The van der Waals surface area contributed by atoms with Gasteiger partial charge in [0.15, 0.2) is 0 Å². The highest BCUT2D eigenvalue weighted by molar-refractivity contribution is 7.27. The van der Waals surface area contributed by atoms with Crippen molar-refractivity contribution in [1.29, 1.82) is 0 Å². The lowest BCUT2D eigenvalue weighted by Gasteiger charge is -2.27. The highest BCUT2D eigenvalue weighted by Crippen LogP contribution is 2.51. The van der Waals surface area contributed by atoms with Crippen LogP contribution in [0.25, 0.3) is 31.7 Å². The van der Waals surface area contributed by atoms with Crippen molar-refractivity contribution in [1.82, 2.24) is 9.80 Å². The van der Waals surface area contributed by atoms with E-state index >= 15 is 9.59 Å². The van der Waals surface area contributed by atoms with Crippen molar-refractivity contribution in [3.8, 4) is 31.0 Å². The maximum absolute atomic E-state index is 15.5. The van der Waals surface area contributed by atoms with Gasteiger partial charge in [0.25, 0.3) is 11.8 Å². The maximum Gasteiger partial charge on any atom is 0.260 e. The predicted octanol–water partition coefficient (Wildman–Crippen LogP) is 25.0. The van der Waals surface area contributed by atoms with Crippen LogP contribution in [-0.4, -0.2) is 47.9 Å². The van der Waals surface area contributed by atoms with Gasteiger partial charge in [-0.1, -0.05) is 234 Å². The number of carbonyl (C=O) groups is 2. The molecule has 2 atom stereocenters. The number of hydrogen-bond donors (Lipinski definition) is 0. The zero-order valence-corrected chi connectivity index (χ0v) is 58.6. The summed E-state index contributed by atoms with van der Waals surface area (Å²) in [7, 11) is 0. The van der Waals surface area contributed by atoms with Crippen LogP contribution in [0, 0.1) is 25.7 Å². The van der Waals surface area contributed by atoms with Gasteiger partial charge in [-0.15, -0.1) is 45.3 Å². The van der Waals surface area contributed by atoms with E-state index in [0.717, 1.165) is 108 Å².